The first-order valence-electron chi connectivity index (χ1n) is 8.32. The van der Waals surface area contributed by atoms with E-state index in [0.717, 1.165) is 0 Å². The molecule has 2 rings (SSSR count). The number of anilines is 1. The Bertz CT molecular complexity index is 819. The molecule has 0 fully saturated rings. The number of carbonyl (C=O) groups is 3. The van der Waals surface area contributed by atoms with E-state index >= 15 is 0 Å². The monoisotopic (exact) mass is 373 g/mol. The van der Waals surface area contributed by atoms with E-state index < -0.39 is 23.8 Å². The van der Waals surface area contributed by atoms with Gasteiger partial charge in [0.25, 0.3) is 5.91 Å². The summed E-state index contributed by atoms with van der Waals surface area (Å²) in [6.45, 7) is 1.44. The van der Waals surface area contributed by atoms with Crippen LogP contribution in [-0.4, -0.2) is 30.9 Å². The third-order valence-corrected chi connectivity index (χ3v) is 3.74. The Kier molecular flexibility index (Phi) is 7.05. The smallest absolute Gasteiger partial charge is 0.307 e. The highest BCUT2D eigenvalue weighted by molar-refractivity contribution is 5.98. The maximum Gasteiger partial charge on any atom is 0.307 e. The van der Waals surface area contributed by atoms with Crippen LogP contribution in [0.15, 0.2) is 48.5 Å². The molecule has 2 aromatic carbocycles. The minimum Gasteiger partial charge on any atom is -0.497 e. The molecule has 6 nitrogen and oxygen atoms in total. The molecule has 27 heavy (non-hydrogen) atoms. The zero-order valence-electron chi connectivity index (χ0n) is 15.0. The van der Waals surface area contributed by atoms with E-state index in [-0.39, 0.29) is 18.6 Å². The lowest BCUT2D eigenvalue weighted by Crippen LogP contribution is -2.30. The van der Waals surface area contributed by atoms with Crippen molar-refractivity contribution in [2.45, 2.75) is 25.9 Å². The Hall–Kier alpha value is -3.22. The Morgan fingerprint density at radius 2 is 1.78 bits per heavy atom. The maximum absolute atomic E-state index is 12.9. The van der Waals surface area contributed by atoms with Gasteiger partial charge in [-0.15, -0.1) is 0 Å². The van der Waals surface area contributed by atoms with Gasteiger partial charge in [-0.1, -0.05) is 6.07 Å². The second kappa shape index (κ2) is 9.47. The van der Waals surface area contributed by atoms with Gasteiger partial charge < -0.3 is 14.8 Å². The molecule has 7 heteroatoms. The summed E-state index contributed by atoms with van der Waals surface area (Å²) in [7, 11) is 1.51. The van der Waals surface area contributed by atoms with Gasteiger partial charge in [-0.05, 0) is 43.3 Å². The third-order valence-electron chi connectivity index (χ3n) is 3.74. The zero-order chi connectivity index (χ0) is 19.8. The molecule has 0 saturated carbocycles. The van der Waals surface area contributed by atoms with E-state index in [9.17, 15) is 18.8 Å². The molecular formula is C20H20FNO5. The molecule has 1 amide bonds. The van der Waals surface area contributed by atoms with Gasteiger partial charge in [0.1, 0.15) is 11.6 Å². The van der Waals surface area contributed by atoms with Crippen molar-refractivity contribution in [2.24, 2.45) is 0 Å². The molecule has 1 N–H and O–H groups in total. The quantitative estimate of drug-likeness (QED) is 0.567. The van der Waals surface area contributed by atoms with E-state index in [1.54, 1.807) is 24.3 Å². The van der Waals surface area contributed by atoms with E-state index in [0.29, 0.717) is 17.0 Å². The number of benzene rings is 2. The molecule has 0 unspecified atom stereocenters. The standard InChI is InChI=1S/C20H20FNO5/c1-13(20(25)22-16-4-3-5-17(12-16)26-2)27-19(24)11-10-18(23)14-6-8-15(21)9-7-14/h3-9,12-13H,10-11H2,1-2H3,(H,22,25)/t13-/m1/s1. The van der Waals surface area contributed by atoms with Crippen LogP contribution < -0.4 is 10.1 Å². The molecule has 0 aliphatic carbocycles. The van der Waals surface area contributed by atoms with Crippen molar-refractivity contribution in [1.29, 1.82) is 0 Å². The Morgan fingerprint density at radius 3 is 2.44 bits per heavy atom. The van der Waals surface area contributed by atoms with Gasteiger partial charge in [0, 0.05) is 23.7 Å². The molecule has 0 aliphatic rings. The largest absolute Gasteiger partial charge is 0.497 e. The molecule has 0 aliphatic heterocycles. The van der Waals surface area contributed by atoms with Crippen LogP contribution in [0.2, 0.25) is 0 Å². The molecular weight excluding hydrogens is 353 g/mol. The molecule has 0 spiro atoms. The van der Waals surface area contributed by atoms with Crippen molar-refractivity contribution in [3.8, 4) is 5.75 Å². The number of rotatable bonds is 8. The summed E-state index contributed by atoms with van der Waals surface area (Å²) in [5, 5.41) is 2.62. The van der Waals surface area contributed by atoms with Gasteiger partial charge in [0.2, 0.25) is 0 Å². The van der Waals surface area contributed by atoms with Crippen LogP contribution in [-0.2, 0) is 14.3 Å². The molecule has 0 aromatic heterocycles. The van der Waals surface area contributed by atoms with Crippen molar-refractivity contribution in [2.75, 3.05) is 12.4 Å². The Labute approximate surface area is 156 Å². The van der Waals surface area contributed by atoms with Crippen molar-refractivity contribution in [3.63, 3.8) is 0 Å². The second-order valence-electron chi connectivity index (χ2n) is 5.78. The highest BCUT2D eigenvalue weighted by Gasteiger charge is 2.19. The minimum absolute atomic E-state index is 0.0886. The predicted molar refractivity (Wildman–Crippen MR) is 97.1 cm³/mol. The first-order chi connectivity index (χ1) is 12.9. The molecule has 0 radical (unpaired) electrons. The molecule has 0 heterocycles. The highest BCUT2D eigenvalue weighted by Crippen LogP contribution is 2.17. The first kappa shape index (κ1) is 20.1. The van der Waals surface area contributed by atoms with Crippen LogP contribution >= 0.6 is 0 Å². The van der Waals surface area contributed by atoms with Crippen molar-refractivity contribution >= 4 is 23.3 Å². The molecule has 1 atom stereocenters. The summed E-state index contributed by atoms with van der Waals surface area (Å²) in [5.74, 6) is -1.33. The second-order valence-corrected chi connectivity index (χ2v) is 5.78. The van der Waals surface area contributed by atoms with Gasteiger partial charge in [0.15, 0.2) is 11.9 Å². The number of nitrogens with one attached hydrogen (secondary N) is 1. The Balaban J connectivity index is 1.80. The number of hydrogen-bond donors (Lipinski definition) is 1. The number of halogens is 1. The zero-order valence-corrected chi connectivity index (χ0v) is 15.0. The maximum atomic E-state index is 12.9. The first-order valence-corrected chi connectivity index (χ1v) is 8.32. The molecule has 0 bridgehead atoms. The van der Waals surface area contributed by atoms with Crippen LogP contribution in [0, 0.1) is 5.82 Å². The lowest BCUT2D eigenvalue weighted by molar-refractivity contribution is -0.153. The number of methoxy groups -OCH3 is 1. The summed E-state index contributed by atoms with van der Waals surface area (Å²) in [6.07, 6.45) is -1.29. The van der Waals surface area contributed by atoms with E-state index in [1.807, 2.05) is 0 Å². The van der Waals surface area contributed by atoms with E-state index in [4.69, 9.17) is 9.47 Å². The van der Waals surface area contributed by atoms with E-state index in [2.05, 4.69) is 5.32 Å². The van der Waals surface area contributed by atoms with Crippen molar-refractivity contribution in [1.82, 2.24) is 0 Å². The number of ether oxygens (including phenoxy) is 2. The number of hydrogen-bond acceptors (Lipinski definition) is 5. The average molecular weight is 373 g/mol. The fourth-order valence-electron chi connectivity index (χ4n) is 2.25. The molecule has 142 valence electrons. The predicted octanol–water partition coefficient (Wildman–Crippen LogP) is 3.37. The topological polar surface area (TPSA) is 81.7 Å². The van der Waals surface area contributed by atoms with Gasteiger partial charge in [0.05, 0.1) is 13.5 Å². The summed E-state index contributed by atoms with van der Waals surface area (Å²) < 4.78 is 23.0. The van der Waals surface area contributed by atoms with Gasteiger partial charge in [-0.25, -0.2) is 4.39 Å². The number of ketones is 1. The lowest BCUT2D eigenvalue weighted by Gasteiger charge is -2.14. The Morgan fingerprint density at radius 1 is 1.07 bits per heavy atom. The SMILES string of the molecule is COc1cccc(NC(=O)[C@@H](C)OC(=O)CCC(=O)c2ccc(F)cc2)c1. The fourth-order valence-corrected chi connectivity index (χ4v) is 2.25. The van der Waals surface area contributed by atoms with Gasteiger partial charge >= 0.3 is 5.97 Å². The summed E-state index contributed by atoms with van der Waals surface area (Å²) in [4.78, 5) is 35.9. The van der Waals surface area contributed by atoms with E-state index in [1.165, 1.54) is 38.3 Å². The summed E-state index contributed by atoms with van der Waals surface area (Å²) in [6, 6.07) is 11.8. The molecule has 0 saturated heterocycles. The third kappa shape index (κ3) is 6.22. The fraction of sp³-hybridized carbons (Fsp3) is 0.250. The highest BCUT2D eigenvalue weighted by atomic mass is 19.1. The van der Waals surface area contributed by atoms with Crippen LogP contribution in [0.25, 0.3) is 0 Å². The van der Waals surface area contributed by atoms with Crippen LogP contribution in [0.3, 0.4) is 0 Å². The van der Waals surface area contributed by atoms with Crippen LogP contribution in [0.1, 0.15) is 30.1 Å². The lowest BCUT2D eigenvalue weighted by atomic mass is 10.1. The van der Waals surface area contributed by atoms with Crippen LogP contribution in [0.4, 0.5) is 10.1 Å². The number of carbonyl (C=O) groups excluding carboxylic acids is 3. The van der Waals surface area contributed by atoms with Crippen molar-refractivity contribution < 1.29 is 28.2 Å². The normalized spacial score (nSPS) is 11.4. The number of Topliss-reactive ketones (excluding diaryl/α,β-unsaturated/α-hetero) is 1. The minimum atomic E-state index is -1.02. The van der Waals surface area contributed by atoms with Crippen LogP contribution in [0.5, 0.6) is 5.75 Å². The molecule has 2 aromatic rings. The number of esters is 1. The van der Waals surface area contributed by atoms with Gasteiger partial charge in [-0.2, -0.15) is 0 Å². The van der Waals surface area contributed by atoms with Crippen molar-refractivity contribution in [3.05, 3.63) is 59.9 Å². The summed E-state index contributed by atoms with van der Waals surface area (Å²) in [5.41, 5.74) is 0.821. The summed E-state index contributed by atoms with van der Waals surface area (Å²) >= 11 is 0. The number of amides is 1. The average Bonchev–Trinajstić information content (AvgIpc) is 2.66. The van der Waals surface area contributed by atoms with Gasteiger partial charge in [-0.3, -0.25) is 14.4 Å².